The molecule has 4 heteroatoms. The fourth-order valence-corrected chi connectivity index (χ4v) is 22.9. The Kier molecular flexibility index (Phi) is 11.2. The van der Waals surface area contributed by atoms with E-state index in [1.165, 1.54) is 183 Å². The van der Waals surface area contributed by atoms with Gasteiger partial charge in [-0.3, -0.25) is 0 Å². The standard InChI is InChI=1S/C105H62BN3/c1-2-26-63(27-3-1)64-50-52-65(53-51-64)109-97-62-67(108-93-48-24-13-35-75(93)76-36-14-25-49-94(76)108)61-96-100(97)106(92-58-56-91-99(102(92)109)78-38-12-23-47-88(78)105(91)84-43-19-8-32-72(84)73-33-9-20-44-85(73)105)101-95(59-57-90-98(101)77-37-11-22-46-87(77)104(90)82-41-17-6-30-70(82)71-31-7-18-42-83(71)104)107(96)66-54-55-89-79(60-66)74-34-10-21-45-86(74)103(89)80-39-15-4-28-68(80)69-29-5-16-40-81(69)103/h1-62H. The molecule has 1 aromatic heterocycles. The van der Waals surface area contributed by atoms with Crippen LogP contribution in [-0.4, -0.2) is 11.3 Å². The largest absolute Gasteiger partial charge is 0.311 e. The minimum absolute atomic E-state index is 0.301. The Bertz CT molecular complexity index is 6960. The smallest absolute Gasteiger partial charge is 0.252 e. The van der Waals surface area contributed by atoms with E-state index in [0.717, 1.165) is 39.5 Å². The highest BCUT2D eigenvalue weighted by Crippen LogP contribution is 2.69. The third-order valence-electron chi connectivity index (χ3n) is 26.6. The molecule has 6 aliphatic carbocycles. The van der Waals surface area contributed by atoms with Crippen molar-refractivity contribution in [3.63, 3.8) is 0 Å². The molecule has 3 spiro atoms. The maximum absolute atomic E-state index is 2.74. The summed E-state index contributed by atoms with van der Waals surface area (Å²) in [5.74, 6) is 0. The molecule has 8 aliphatic rings. The number of hydrogen-bond donors (Lipinski definition) is 0. The summed E-state index contributed by atoms with van der Waals surface area (Å²) < 4.78 is 2.57. The average Bonchev–Trinajstić information content (AvgIpc) is 1.57. The van der Waals surface area contributed by atoms with Gasteiger partial charge >= 0.3 is 0 Å². The molecule has 26 rings (SSSR count). The van der Waals surface area contributed by atoms with Crippen LogP contribution in [0.25, 0.3) is 105 Å². The fraction of sp³-hybridized carbons (Fsp3) is 0.0286. The number of fused-ring (bicyclic) bond motifs is 39. The van der Waals surface area contributed by atoms with Crippen molar-refractivity contribution in [1.29, 1.82) is 0 Å². The minimum Gasteiger partial charge on any atom is -0.311 e. The Labute approximate surface area is 631 Å². The van der Waals surface area contributed by atoms with Gasteiger partial charge < -0.3 is 14.4 Å². The van der Waals surface area contributed by atoms with Crippen LogP contribution >= 0.6 is 0 Å². The molecule has 0 bridgehead atoms. The van der Waals surface area contributed by atoms with Crippen molar-refractivity contribution in [2.75, 3.05) is 9.80 Å². The van der Waals surface area contributed by atoms with E-state index in [9.17, 15) is 0 Å². The van der Waals surface area contributed by atoms with E-state index in [4.69, 9.17) is 0 Å². The molecule has 0 unspecified atom stereocenters. The average molecular weight is 1380 g/mol. The Morgan fingerprint density at radius 3 is 1.06 bits per heavy atom. The van der Waals surface area contributed by atoms with Crippen molar-refractivity contribution in [3.8, 4) is 83.6 Å². The van der Waals surface area contributed by atoms with Gasteiger partial charge in [-0.05, 0) is 210 Å². The number of benzene rings is 17. The second kappa shape index (κ2) is 20.8. The third-order valence-corrected chi connectivity index (χ3v) is 26.6. The van der Waals surface area contributed by atoms with Crippen LogP contribution in [0.15, 0.2) is 376 Å². The van der Waals surface area contributed by atoms with Gasteiger partial charge in [-0.25, -0.2) is 0 Å². The van der Waals surface area contributed by atoms with Crippen LogP contribution in [0.3, 0.4) is 0 Å². The summed E-state index contributed by atoms with van der Waals surface area (Å²) in [7, 11) is 0. The zero-order valence-electron chi connectivity index (χ0n) is 59.2. The monoisotopic (exact) mass is 1380 g/mol. The quantitative estimate of drug-likeness (QED) is 0.163. The number of rotatable bonds is 4. The summed E-state index contributed by atoms with van der Waals surface area (Å²) in [4.78, 5) is 5.46. The summed E-state index contributed by atoms with van der Waals surface area (Å²) in [6, 6.07) is 145. The molecule has 18 aromatic rings. The van der Waals surface area contributed by atoms with Gasteiger partial charge in [-0.2, -0.15) is 0 Å². The minimum atomic E-state index is -0.613. The maximum Gasteiger partial charge on any atom is 0.252 e. The Morgan fingerprint density at radius 2 is 0.560 bits per heavy atom. The van der Waals surface area contributed by atoms with Gasteiger partial charge in [0.15, 0.2) is 0 Å². The fourth-order valence-electron chi connectivity index (χ4n) is 22.9. The molecular formula is C105H62BN3. The summed E-state index contributed by atoms with van der Waals surface area (Å²) in [6.45, 7) is -0.301. The highest BCUT2D eigenvalue weighted by Gasteiger charge is 2.59. The molecule has 0 atom stereocenters. The first-order valence-electron chi connectivity index (χ1n) is 38.4. The van der Waals surface area contributed by atoms with E-state index in [1.807, 2.05) is 0 Å². The second-order valence-electron chi connectivity index (χ2n) is 31.0. The Morgan fingerprint density at radius 1 is 0.211 bits per heavy atom. The predicted molar refractivity (Wildman–Crippen MR) is 449 cm³/mol. The van der Waals surface area contributed by atoms with Crippen molar-refractivity contribution in [1.82, 2.24) is 4.57 Å². The number of para-hydroxylation sites is 2. The van der Waals surface area contributed by atoms with Crippen LogP contribution in [0.1, 0.15) is 66.8 Å². The van der Waals surface area contributed by atoms with Crippen molar-refractivity contribution in [2.24, 2.45) is 0 Å². The highest BCUT2D eigenvalue weighted by molar-refractivity contribution is 7.01. The van der Waals surface area contributed by atoms with Crippen LogP contribution in [0.2, 0.25) is 0 Å². The lowest BCUT2D eigenvalue weighted by Gasteiger charge is -2.46. The number of anilines is 6. The van der Waals surface area contributed by atoms with Crippen LogP contribution in [0.5, 0.6) is 0 Å². The second-order valence-corrected chi connectivity index (χ2v) is 31.0. The molecule has 0 N–H and O–H groups in total. The first-order valence-corrected chi connectivity index (χ1v) is 38.4. The van der Waals surface area contributed by atoms with E-state index >= 15 is 0 Å². The first-order chi connectivity index (χ1) is 54.1. The van der Waals surface area contributed by atoms with Crippen molar-refractivity contribution < 1.29 is 0 Å². The SMILES string of the molecule is c1ccc(-c2ccc(N3c4cc(-n5c6ccccc6c6ccccc65)cc5c4B(c4ccc6c(c43)-c3ccccc3C63c4ccccc4-c4ccccc43)c3c(ccc4c3-c3ccccc3C43c4ccccc4-c4ccccc43)N5c3ccc4c(c3)-c3ccccc3C43c4ccccc4-c4ccccc43)cc2)cc1. The van der Waals surface area contributed by atoms with Gasteiger partial charge in [0, 0.05) is 50.5 Å². The summed E-state index contributed by atoms with van der Waals surface area (Å²) in [5.41, 5.74) is 46.1. The topological polar surface area (TPSA) is 11.4 Å². The molecule has 500 valence electrons. The third kappa shape index (κ3) is 6.92. The molecule has 0 saturated carbocycles. The van der Waals surface area contributed by atoms with Crippen LogP contribution in [0, 0.1) is 0 Å². The number of nitrogens with zero attached hydrogens (tertiary/aromatic N) is 3. The molecular weight excluding hydrogens is 1310 g/mol. The maximum atomic E-state index is 2.74. The highest BCUT2D eigenvalue weighted by atomic mass is 15.2. The molecule has 0 radical (unpaired) electrons. The van der Waals surface area contributed by atoms with Gasteiger partial charge in [0.1, 0.15) is 0 Å². The molecule has 17 aromatic carbocycles. The molecule has 0 fully saturated rings. The molecule has 0 amide bonds. The molecule has 0 saturated heterocycles. The summed E-state index contributed by atoms with van der Waals surface area (Å²) in [5, 5.41) is 2.44. The zero-order valence-corrected chi connectivity index (χ0v) is 59.2. The van der Waals surface area contributed by atoms with E-state index in [0.29, 0.717) is 0 Å². The van der Waals surface area contributed by atoms with Gasteiger partial charge in [0.25, 0.3) is 6.71 Å². The molecule has 109 heavy (non-hydrogen) atoms. The predicted octanol–water partition coefficient (Wildman–Crippen LogP) is 23.6. The van der Waals surface area contributed by atoms with E-state index < -0.39 is 16.2 Å². The lowest BCUT2D eigenvalue weighted by Crippen LogP contribution is -2.62. The first kappa shape index (κ1) is 58.5. The van der Waals surface area contributed by atoms with Crippen LogP contribution in [0.4, 0.5) is 34.1 Å². The Balaban J connectivity index is 0.839. The van der Waals surface area contributed by atoms with Crippen LogP contribution in [-0.2, 0) is 16.2 Å². The molecule has 2 aliphatic heterocycles. The molecule has 3 heterocycles. The number of aromatic nitrogens is 1. The van der Waals surface area contributed by atoms with Gasteiger partial charge in [0.05, 0.1) is 33.0 Å². The Hall–Kier alpha value is -13.8. The van der Waals surface area contributed by atoms with Crippen molar-refractivity contribution in [3.05, 3.63) is 443 Å². The number of hydrogen-bond acceptors (Lipinski definition) is 2. The molecule has 3 nitrogen and oxygen atoms in total. The van der Waals surface area contributed by atoms with Gasteiger partial charge in [-0.15, -0.1) is 0 Å². The van der Waals surface area contributed by atoms with Gasteiger partial charge in [-0.1, -0.05) is 322 Å². The lowest BCUT2D eigenvalue weighted by molar-refractivity contribution is 0.793. The van der Waals surface area contributed by atoms with E-state index in [-0.39, 0.29) is 6.71 Å². The zero-order chi connectivity index (χ0) is 70.7. The normalized spacial score (nSPS) is 15.0. The van der Waals surface area contributed by atoms with Gasteiger partial charge in [0.2, 0.25) is 0 Å². The van der Waals surface area contributed by atoms with Crippen molar-refractivity contribution in [2.45, 2.75) is 16.2 Å². The summed E-state index contributed by atoms with van der Waals surface area (Å²) >= 11 is 0. The van der Waals surface area contributed by atoms with E-state index in [1.54, 1.807) is 0 Å². The van der Waals surface area contributed by atoms with Crippen molar-refractivity contribution >= 4 is 79.0 Å². The van der Waals surface area contributed by atoms with E-state index in [2.05, 4.69) is 390 Å². The lowest BCUT2D eigenvalue weighted by atomic mass is 9.32. The summed E-state index contributed by atoms with van der Waals surface area (Å²) in [6.07, 6.45) is 0. The van der Waals surface area contributed by atoms with Crippen LogP contribution < -0.4 is 26.2 Å².